The molecule has 2 aliphatic heterocycles. The summed E-state index contributed by atoms with van der Waals surface area (Å²) in [6.45, 7) is 2.11. The van der Waals surface area contributed by atoms with E-state index in [1.54, 1.807) is 11.8 Å². The molecule has 5 rings (SSSR count). The number of hydrogen-bond donors (Lipinski definition) is 0. The van der Waals surface area contributed by atoms with E-state index in [-0.39, 0.29) is 18.6 Å². The van der Waals surface area contributed by atoms with E-state index >= 15 is 0 Å². The highest BCUT2D eigenvalue weighted by Crippen LogP contribution is 2.48. The van der Waals surface area contributed by atoms with Gasteiger partial charge in [-0.3, -0.25) is 0 Å². The third kappa shape index (κ3) is 4.10. The molecule has 0 amide bonds. The van der Waals surface area contributed by atoms with E-state index in [4.69, 9.17) is 21.3 Å². The van der Waals surface area contributed by atoms with Crippen molar-refractivity contribution in [3.8, 4) is 0 Å². The van der Waals surface area contributed by atoms with Crippen LogP contribution in [0.4, 0.5) is 0 Å². The molecule has 0 bridgehead atoms. The zero-order valence-electron chi connectivity index (χ0n) is 17.9. The van der Waals surface area contributed by atoms with Gasteiger partial charge in [0.25, 0.3) is 0 Å². The molecule has 2 aliphatic rings. The fourth-order valence-electron chi connectivity index (χ4n) is 4.08. The molecule has 0 saturated carbocycles. The van der Waals surface area contributed by atoms with Gasteiger partial charge in [0.15, 0.2) is 5.17 Å². The van der Waals surface area contributed by atoms with Crippen molar-refractivity contribution < 1.29 is 9.53 Å². The van der Waals surface area contributed by atoms with Gasteiger partial charge in [-0.15, -0.1) is 0 Å². The van der Waals surface area contributed by atoms with Crippen LogP contribution in [0.15, 0.2) is 101 Å². The maximum atomic E-state index is 13.4. The average Bonchev–Trinajstić information content (AvgIpc) is 3.28. The van der Waals surface area contributed by atoms with E-state index in [0.717, 1.165) is 27.6 Å². The van der Waals surface area contributed by atoms with Crippen LogP contribution in [0, 0.1) is 0 Å². The number of halogens is 1. The summed E-state index contributed by atoms with van der Waals surface area (Å²) in [7, 11) is 0. The van der Waals surface area contributed by atoms with Gasteiger partial charge in [0.1, 0.15) is 0 Å². The van der Waals surface area contributed by atoms with Crippen LogP contribution in [0.5, 0.6) is 0 Å². The predicted molar refractivity (Wildman–Crippen MR) is 135 cm³/mol. The number of fused-ring (bicyclic) bond motifs is 1. The fraction of sp³-hybridized carbons (Fsp3) is 0.111. The Morgan fingerprint density at radius 2 is 1.64 bits per heavy atom. The van der Waals surface area contributed by atoms with E-state index in [9.17, 15) is 4.79 Å². The minimum Gasteiger partial charge on any atom is -0.463 e. The van der Waals surface area contributed by atoms with Crippen molar-refractivity contribution in [1.29, 1.82) is 0 Å². The minimum absolute atomic E-state index is 0.289. The quantitative estimate of drug-likeness (QED) is 0.384. The summed E-state index contributed by atoms with van der Waals surface area (Å²) in [5.74, 6) is -0.361. The summed E-state index contributed by atoms with van der Waals surface area (Å²) in [5.41, 5.74) is 5.02. The van der Waals surface area contributed by atoms with Crippen LogP contribution in [0.3, 0.4) is 0 Å². The molecule has 0 aliphatic carbocycles. The van der Waals surface area contributed by atoms with Gasteiger partial charge in [0.05, 0.1) is 29.6 Å². The van der Waals surface area contributed by atoms with Gasteiger partial charge >= 0.3 is 5.97 Å². The summed E-state index contributed by atoms with van der Waals surface area (Å²) in [4.78, 5) is 20.5. The first-order chi connectivity index (χ1) is 16.2. The summed E-state index contributed by atoms with van der Waals surface area (Å²) < 4.78 is 5.55. The van der Waals surface area contributed by atoms with E-state index in [2.05, 4.69) is 10.3 Å². The van der Waals surface area contributed by atoms with Gasteiger partial charge in [-0.1, -0.05) is 96.2 Å². The highest BCUT2D eigenvalue weighted by atomic mass is 35.5. The molecule has 0 N–H and O–H groups in total. The van der Waals surface area contributed by atoms with E-state index in [0.29, 0.717) is 16.3 Å². The Morgan fingerprint density at radius 1 is 0.970 bits per heavy atom. The molecule has 1 atom stereocenters. The highest BCUT2D eigenvalue weighted by Gasteiger charge is 2.42. The molecule has 0 unspecified atom stereocenters. The zero-order valence-corrected chi connectivity index (χ0v) is 19.5. The van der Waals surface area contributed by atoms with Gasteiger partial charge in [-0.05, 0) is 30.2 Å². The Hall–Kier alpha value is -3.28. The lowest BCUT2D eigenvalue weighted by molar-refractivity contribution is -0.139. The number of nitrogens with zero attached hydrogens (tertiary/aromatic N) is 2. The average molecular weight is 473 g/mol. The van der Waals surface area contributed by atoms with Crippen molar-refractivity contribution in [2.75, 3.05) is 6.61 Å². The molecule has 0 spiro atoms. The zero-order chi connectivity index (χ0) is 22.8. The molecule has 0 aromatic heterocycles. The highest BCUT2D eigenvalue weighted by molar-refractivity contribution is 8.16. The minimum atomic E-state index is -0.384. The summed E-state index contributed by atoms with van der Waals surface area (Å²) >= 11 is 7.69. The first kappa shape index (κ1) is 21.6. The molecule has 2 heterocycles. The molecule has 4 nitrogen and oxygen atoms in total. The summed E-state index contributed by atoms with van der Waals surface area (Å²) in [6.07, 6.45) is 0. The molecule has 3 aromatic carbocycles. The van der Waals surface area contributed by atoms with Crippen LogP contribution < -0.4 is 0 Å². The van der Waals surface area contributed by atoms with Crippen molar-refractivity contribution in [3.63, 3.8) is 0 Å². The van der Waals surface area contributed by atoms with Crippen LogP contribution in [0.1, 0.15) is 29.7 Å². The summed E-state index contributed by atoms with van der Waals surface area (Å²) in [6, 6.07) is 27.2. The van der Waals surface area contributed by atoms with E-state index in [1.165, 1.54) is 0 Å². The normalized spacial score (nSPS) is 17.4. The van der Waals surface area contributed by atoms with E-state index < -0.39 is 0 Å². The first-order valence-electron chi connectivity index (χ1n) is 10.7. The maximum absolute atomic E-state index is 13.4. The first-order valence-corrected chi connectivity index (χ1v) is 12.0. The number of amidine groups is 1. The second-order valence-corrected chi connectivity index (χ2v) is 8.83. The van der Waals surface area contributed by atoms with Crippen LogP contribution in [-0.2, 0) is 9.53 Å². The molecule has 33 heavy (non-hydrogen) atoms. The number of thioether (sulfide) groups is 1. The monoisotopic (exact) mass is 472 g/mol. The Labute approximate surface area is 202 Å². The van der Waals surface area contributed by atoms with Gasteiger partial charge in [0.2, 0.25) is 0 Å². The SMILES string of the molecule is CCOC(=O)C1=C(c2ccccc2)N=C2SC=C(c3ccc(Cl)cc3)N2[C@@H]1c1ccccc1. The van der Waals surface area contributed by atoms with Crippen LogP contribution in [-0.4, -0.2) is 22.6 Å². The molecule has 0 saturated heterocycles. The number of aliphatic imine (C=N–C) groups is 1. The predicted octanol–water partition coefficient (Wildman–Crippen LogP) is 6.77. The fourth-order valence-corrected chi connectivity index (χ4v) is 5.14. The summed E-state index contributed by atoms with van der Waals surface area (Å²) in [5, 5.41) is 3.57. The van der Waals surface area contributed by atoms with Gasteiger partial charge in [-0.25, -0.2) is 9.79 Å². The van der Waals surface area contributed by atoms with Crippen LogP contribution in [0.25, 0.3) is 11.4 Å². The van der Waals surface area contributed by atoms with Crippen LogP contribution >= 0.6 is 23.4 Å². The van der Waals surface area contributed by atoms with Gasteiger partial charge in [-0.2, -0.15) is 0 Å². The smallest absolute Gasteiger partial charge is 0.338 e. The van der Waals surface area contributed by atoms with E-state index in [1.807, 2.05) is 91.9 Å². The van der Waals surface area contributed by atoms with Crippen molar-refractivity contribution >= 4 is 45.9 Å². The number of ether oxygens (including phenoxy) is 1. The Kier molecular flexibility index (Phi) is 6.07. The van der Waals surface area contributed by atoms with Gasteiger partial charge in [0, 0.05) is 16.0 Å². The molecule has 0 fully saturated rings. The second-order valence-electron chi connectivity index (χ2n) is 7.55. The molecule has 3 aromatic rings. The standard InChI is InChI=1S/C27H21ClN2O2S/c1-2-32-26(31)23-24(19-9-5-3-6-10-19)29-27-30(25(23)20-11-7-4-8-12-20)22(17-33-27)18-13-15-21(28)16-14-18/h3-17,25H,2H2,1H3/t25-/m1/s1. The number of carbonyl (C=O) groups is 1. The topological polar surface area (TPSA) is 41.9 Å². The number of hydrogen-bond acceptors (Lipinski definition) is 5. The lowest BCUT2D eigenvalue weighted by atomic mass is 9.91. The Bertz CT molecular complexity index is 1270. The molecular formula is C27H21ClN2O2S. The lowest BCUT2D eigenvalue weighted by Crippen LogP contribution is -2.36. The third-order valence-electron chi connectivity index (χ3n) is 5.53. The maximum Gasteiger partial charge on any atom is 0.338 e. The lowest BCUT2D eigenvalue weighted by Gasteiger charge is -2.37. The van der Waals surface area contributed by atoms with Crippen molar-refractivity contribution in [2.45, 2.75) is 13.0 Å². The van der Waals surface area contributed by atoms with Crippen molar-refractivity contribution in [1.82, 2.24) is 4.90 Å². The molecular weight excluding hydrogens is 452 g/mol. The number of rotatable bonds is 5. The number of esters is 1. The largest absolute Gasteiger partial charge is 0.463 e. The Morgan fingerprint density at radius 3 is 2.30 bits per heavy atom. The molecule has 164 valence electrons. The third-order valence-corrected chi connectivity index (χ3v) is 6.63. The van der Waals surface area contributed by atoms with Crippen molar-refractivity contribution in [3.05, 3.63) is 118 Å². The second kappa shape index (κ2) is 9.30. The van der Waals surface area contributed by atoms with Crippen molar-refractivity contribution in [2.24, 2.45) is 4.99 Å². The molecule has 6 heteroatoms. The molecule has 0 radical (unpaired) electrons. The number of carbonyl (C=O) groups excluding carboxylic acids is 1. The Balaban J connectivity index is 1.73. The van der Waals surface area contributed by atoms with Gasteiger partial charge < -0.3 is 9.64 Å². The van der Waals surface area contributed by atoms with Crippen LogP contribution in [0.2, 0.25) is 5.02 Å². The number of benzene rings is 3.